The van der Waals surface area contributed by atoms with Crippen LogP contribution in [-0.2, 0) is 4.79 Å². The molecular formula is C31H38N8O3. The molecule has 3 heterocycles. The zero-order chi connectivity index (χ0) is 29.2. The van der Waals surface area contributed by atoms with Gasteiger partial charge in [0.05, 0.1) is 18.4 Å². The predicted molar refractivity (Wildman–Crippen MR) is 161 cm³/mol. The first-order chi connectivity index (χ1) is 20.4. The minimum absolute atomic E-state index is 0.0425. The molecule has 1 amide bonds. The fraction of sp³-hybridized carbons (Fsp3) is 0.419. The molecule has 2 fully saturated rings. The molecule has 0 radical (unpaired) electrons. The second-order valence-electron chi connectivity index (χ2n) is 11.3. The molecule has 5 atom stereocenters. The number of carbonyl (C=O) groups is 1. The van der Waals surface area contributed by atoms with Crippen LogP contribution in [0.25, 0.3) is 11.2 Å². The van der Waals surface area contributed by atoms with Crippen molar-refractivity contribution in [1.29, 1.82) is 0 Å². The summed E-state index contributed by atoms with van der Waals surface area (Å²) < 4.78 is 1.81. The number of anilines is 2. The molecule has 1 saturated carbocycles. The number of aliphatic hydroxyl groups excluding tert-OH is 2. The van der Waals surface area contributed by atoms with Crippen molar-refractivity contribution in [1.82, 2.24) is 24.8 Å². The van der Waals surface area contributed by atoms with Gasteiger partial charge in [-0.2, -0.15) is 9.97 Å². The predicted octanol–water partition coefficient (Wildman–Crippen LogP) is 2.17. The third-order valence-electron chi connectivity index (χ3n) is 8.47. The number of nitrogens with two attached hydrogens (primary N) is 1. The maximum absolute atomic E-state index is 12.1. The van der Waals surface area contributed by atoms with Crippen molar-refractivity contribution >= 4 is 28.8 Å². The average molecular weight is 571 g/mol. The highest BCUT2D eigenvalue weighted by Gasteiger charge is 2.44. The van der Waals surface area contributed by atoms with E-state index in [4.69, 9.17) is 15.7 Å². The fourth-order valence-corrected chi connectivity index (χ4v) is 6.11. The van der Waals surface area contributed by atoms with Crippen LogP contribution in [0.1, 0.15) is 49.3 Å². The van der Waals surface area contributed by atoms with Crippen LogP contribution >= 0.6 is 0 Å². The Bertz CT molecular complexity index is 1480. The highest BCUT2D eigenvalue weighted by Crippen LogP contribution is 2.35. The fourth-order valence-electron chi connectivity index (χ4n) is 6.11. The lowest BCUT2D eigenvalue weighted by Gasteiger charge is -2.22. The molecule has 1 aliphatic carbocycles. The minimum Gasteiger partial charge on any atom is -0.388 e. The van der Waals surface area contributed by atoms with E-state index in [0.717, 1.165) is 13.0 Å². The molecule has 0 spiro atoms. The summed E-state index contributed by atoms with van der Waals surface area (Å²) in [4.78, 5) is 28.6. The number of amides is 1. The lowest BCUT2D eigenvalue weighted by Crippen LogP contribution is -2.42. The Balaban J connectivity index is 1.36. The molecule has 1 aliphatic heterocycles. The first kappa shape index (κ1) is 28.1. The van der Waals surface area contributed by atoms with Crippen molar-refractivity contribution in [3.05, 3.63) is 78.1 Å². The summed E-state index contributed by atoms with van der Waals surface area (Å²) in [6.07, 6.45) is 0.936. The van der Waals surface area contributed by atoms with E-state index in [0.29, 0.717) is 48.9 Å². The van der Waals surface area contributed by atoms with Gasteiger partial charge >= 0.3 is 0 Å². The lowest BCUT2D eigenvalue weighted by atomic mass is 9.91. The van der Waals surface area contributed by atoms with Gasteiger partial charge in [0, 0.05) is 38.0 Å². The standard InChI is InChI=1S/C31H38N8O3/c1-2-25(40)35-23-15-24(28(42)27(23)41)39-18-34-26-29(36-31(37-30(26)39)38-14-13-21(32)17-38)33-16-22(19-9-5-3-6-10-19)20-11-7-4-8-12-20/h3-12,18,21-24,27-28,41-42H,2,13-17,32H2,1H3,(H,35,40)(H,33,36,37)/t21-,23?,24?,27?,28?/m1/s1. The molecule has 6 rings (SSSR count). The molecule has 4 unspecified atom stereocenters. The number of fused-ring (bicyclic) bond motifs is 1. The van der Waals surface area contributed by atoms with E-state index in [-0.39, 0.29) is 17.9 Å². The van der Waals surface area contributed by atoms with Gasteiger partial charge in [-0.3, -0.25) is 4.79 Å². The summed E-state index contributed by atoms with van der Waals surface area (Å²) in [6, 6.07) is 19.7. The highest BCUT2D eigenvalue weighted by atomic mass is 16.3. The van der Waals surface area contributed by atoms with Gasteiger partial charge in [-0.05, 0) is 24.0 Å². The van der Waals surface area contributed by atoms with E-state index in [1.165, 1.54) is 11.1 Å². The number of carbonyl (C=O) groups excluding carboxylic acids is 1. The molecule has 11 heteroatoms. The maximum atomic E-state index is 12.1. The van der Waals surface area contributed by atoms with Crippen molar-refractivity contribution < 1.29 is 15.0 Å². The Morgan fingerprint density at radius 1 is 1.05 bits per heavy atom. The minimum atomic E-state index is -1.10. The summed E-state index contributed by atoms with van der Waals surface area (Å²) in [7, 11) is 0. The second kappa shape index (κ2) is 12.0. The number of hydrogen-bond acceptors (Lipinski definition) is 9. The number of imidazole rings is 1. The summed E-state index contributed by atoms with van der Waals surface area (Å²) >= 11 is 0. The molecule has 11 nitrogen and oxygen atoms in total. The van der Waals surface area contributed by atoms with Crippen molar-refractivity contribution in [2.45, 2.75) is 62.4 Å². The Morgan fingerprint density at radius 3 is 2.36 bits per heavy atom. The van der Waals surface area contributed by atoms with Crippen LogP contribution in [0, 0.1) is 0 Å². The number of rotatable bonds is 9. The van der Waals surface area contributed by atoms with Crippen LogP contribution in [0.2, 0.25) is 0 Å². The van der Waals surface area contributed by atoms with E-state index < -0.39 is 24.3 Å². The first-order valence-electron chi connectivity index (χ1n) is 14.7. The lowest BCUT2D eigenvalue weighted by molar-refractivity contribution is -0.122. The summed E-state index contributed by atoms with van der Waals surface area (Å²) in [6.45, 7) is 3.71. The molecule has 4 aromatic rings. The van der Waals surface area contributed by atoms with Gasteiger partial charge in [-0.1, -0.05) is 67.6 Å². The summed E-state index contributed by atoms with van der Waals surface area (Å²) in [5.41, 5.74) is 9.71. The Morgan fingerprint density at radius 2 is 1.74 bits per heavy atom. The summed E-state index contributed by atoms with van der Waals surface area (Å²) in [5.74, 6) is 1.03. The SMILES string of the molecule is CCC(=O)NC1CC(n2cnc3c(NCC(c4ccccc4)c4ccccc4)nc(N4CC[C@@H](N)C4)nc32)C(O)C1O. The van der Waals surface area contributed by atoms with Crippen molar-refractivity contribution in [2.24, 2.45) is 5.73 Å². The monoisotopic (exact) mass is 570 g/mol. The van der Waals surface area contributed by atoms with E-state index in [1.807, 2.05) is 36.4 Å². The van der Waals surface area contributed by atoms with E-state index in [1.54, 1.807) is 17.8 Å². The smallest absolute Gasteiger partial charge is 0.229 e. The van der Waals surface area contributed by atoms with Crippen LogP contribution in [-0.4, -0.2) is 79.6 Å². The van der Waals surface area contributed by atoms with Gasteiger partial charge in [-0.15, -0.1) is 0 Å². The quantitative estimate of drug-likeness (QED) is 0.204. The molecular weight excluding hydrogens is 532 g/mol. The first-order valence-corrected chi connectivity index (χ1v) is 14.7. The number of aliphatic hydroxyl groups is 2. The van der Waals surface area contributed by atoms with Gasteiger partial charge in [0.25, 0.3) is 0 Å². The topological polar surface area (TPSA) is 154 Å². The number of nitrogens with one attached hydrogen (secondary N) is 2. The van der Waals surface area contributed by atoms with Crippen molar-refractivity contribution in [3.63, 3.8) is 0 Å². The van der Waals surface area contributed by atoms with Gasteiger partial charge in [0.1, 0.15) is 12.2 Å². The molecule has 2 aromatic heterocycles. The van der Waals surface area contributed by atoms with Crippen molar-refractivity contribution in [3.8, 4) is 0 Å². The summed E-state index contributed by atoms with van der Waals surface area (Å²) in [5, 5.41) is 28.2. The Kier molecular flexibility index (Phi) is 8.05. The molecule has 220 valence electrons. The second-order valence-corrected chi connectivity index (χ2v) is 11.3. The van der Waals surface area contributed by atoms with Gasteiger partial charge in [0.2, 0.25) is 11.9 Å². The van der Waals surface area contributed by atoms with Crippen LogP contribution < -0.4 is 21.3 Å². The average Bonchev–Trinajstić information content (AvgIpc) is 3.72. The zero-order valence-corrected chi connectivity index (χ0v) is 23.7. The van der Waals surface area contributed by atoms with Crippen LogP contribution in [0.5, 0.6) is 0 Å². The maximum Gasteiger partial charge on any atom is 0.229 e. The normalized spacial score (nSPS) is 24.0. The highest BCUT2D eigenvalue weighted by molar-refractivity contribution is 5.84. The number of hydrogen-bond donors (Lipinski definition) is 5. The third-order valence-corrected chi connectivity index (χ3v) is 8.47. The Labute approximate surface area is 244 Å². The number of benzene rings is 2. The van der Waals surface area contributed by atoms with Crippen LogP contribution in [0.3, 0.4) is 0 Å². The molecule has 42 heavy (non-hydrogen) atoms. The van der Waals surface area contributed by atoms with Crippen LogP contribution in [0.4, 0.5) is 11.8 Å². The van der Waals surface area contributed by atoms with E-state index in [2.05, 4.69) is 44.8 Å². The zero-order valence-electron chi connectivity index (χ0n) is 23.7. The van der Waals surface area contributed by atoms with Gasteiger partial charge in [0.15, 0.2) is 17.0 Å². The molecule has 6 N–H and O–H groups in total. The van der Waals surface area contributed by atoms with E-state index in [9.17, 15) is 15.0 Å². The molecule has 0 bridgehead atoms. The largest absolute Gasteiger partial charge is 0.388 e. The van der Waals surface area contributed by atoms with Crippen molar-refractivity contribution in [2.75, 3.05) is 29.9 Å². The Hall–Kier alpha value is -4.06. The molecule has 2 aromatic carbocycles. The number of aromatic nitrogens is 4. The third kappa shape index (κ3) is 5.55. The molecule has 1 saturated heterocycles. The van der Waals surface area contributed by atoms with Gasteiger partial charge < -0.3 is 36.0 Å². The molecule has 2 aliphatic rings. The van der Waals surface area contributed by atoms with Crippen LogP contribution in [0.15, 0.2) is 67.0 Å². The number of nitrogens with zero attached hydrogens (tertiary/aromatic N) is 5. The van der Waals surface area contributed by atoms with E-state index >= 15 is 0 Å². The van der Waals surface area contributed by atoms with Gasteiger partial charge in [-0.25, -0.2) is 4.98 Å².